The number of halogens is 2. The van der Waals surface area contributed by atoms with E-state index in [2.05, 4.69) is 10.4 Å². The molecule has 3 aromatic carbocycles. The number of benzene rings is 3. The van der Waals surface area contributed by atoms with Crippen LogP contribution in [0.3, 0.4) is 0 Å². The van der Waals surface area contributed by atoms with Gasteiger partial charge in [-0.1, -0.05) is 65.7 Å². The zero-order chi connectivity index (χ0) is 27.3. The van der Waals surface area contributed by atoms with Crippen LogP contribution in [0.5, 0.6) is 0 Å². The molecule has 6 rings (SSSR count). The highest BCUT2D eigenvalue weighted by molar-refractivity contribution is 7.89. The van der Waals surface area contributed by atoms with Crippen molar-refractivity contribution in [1.82, 2.24) is 19.0 Å². The summed E-state index contributed by atoms with van der Waals surface area (Å²) in [4.78, 5) is 16.0. The molecule has 1 N–H and O–H groups in total. The highest BCUT2D eigenvalue weighted by atomic mass is 35.5. The van der Waals surface area contributed by atoms with E-state index < -0.39 is 16.1 Å². The Morgan fingerprint density at radius 1 is 0.949 bits per heavy atom. The van der Waals surface area contributed by atoms with E-state index in [0.29, 0.717) is 26.7 Å². The molecular formula is C28H25Cl2N5O3S. The molecule has 0 bridgehead atoms. The zero-order valence-electron chi connectivity index (χ0n) is 21.0. The minimum absolute atomic E-state index is 0.181. The smallest absolute Gasteiger partial charge is 0.254 e. The lowest BCUT2D eigenvalue weighted by Crippen LogP contribution is -2.51. The van der Waals surface area contributed by atoms with E-state index in [4.69, 9.17) is 23.2 Å². The van der Waals surface area contributed by atoms with E-state index in [-0.39, 0.29) is 37.0 Å². The van der Waals surface area contributed by atoms with Crippen LogP contribution in [0.4, 0.5) is 5.82 Å². The number of rotatable bonds is 4. The molecule has 1 amide bonds. The van der Waals surface area contributed by atoms with E-state index in [1.807, 2.05) is 49.4 Å². The summed E-state index contributed by atoms with van der Waals surface area (Å²) in [5.41, 5.74) is 2.00. The molecule has 1 atom stereocenters. The van der Waals surface area contributed by atoms with Crippen LogP contribution in [0.1, 0.15) is 18.5 Å². The maximum absolute atomic E-state index is 14.0. The first-order valence-electron chi connectivity index (χ1n) is 12.5. The van der Waals surface area contributed by atoms with Gasteiger partial charge < -0.3 is 10.2 Å². The minimum Gasteiger partial charge on any atom is -0.344 e. The molecule has 1 saturated heterocycles. The van der Waals surface area contributed by atoms with Gasteiger partial charge >= 0.3 is 0 Å². The number of amides is 1. The van der Waals surface area contributed by atoms with Crippen LogP contribution in [-0.4, -0.2) is 59.5 Å². The molecule has 8 nitrogen and oxygen atoms in total. The van der Waals surface area contributed by atoms with Crippen LogP contribution in [0.2, 0.25) is 10.0 Å². The van der Waals surface area contributed by atoms with E-state index in [1.165, 1.54) is 4.31 Å². The molecule has 0 radical (unpaired) electrons. The number of anilines is 1. The minimum atomic E-state index is -3.74. The normalized spacial score (nSPS) is 18.2. The molecule has 0 saturated carbocycles. The summed E-state index contributed by atoms with van der Waals surface area (Å²) in [5.74, 6) is 0.575. The Morgan fingerprint density at radius 2 is 1.69 bits per heavy atom. The van der Waals surface area contributed by atoms with Gasteiger partial charge in [-0.25, -0.2) is 13.1 Å². The van der Waals surface area contributed by atoms with E-state index >= 15 is 0 Å². The summed E-state index contributed by atoms with van der Waals surface area (Å²) in [6.45, 7) is 2.78. The van der Waals surface area contributed by atoms with Gasteiger partial charge in [-0.2, -0.15) is 9.40 Å². The number of nitrogens with zero attached hydrogens (tertiary/aromatic N) is 4. The van der Waals surface area contributed by atoms with Gasteiger partial charge in [0.2, 0.25) is 10.0 Å². The first-order chi connectivity index (χ1) is 18.8. The summed E-state index contributed by atoms with van der Waals surface area (Å²) in [6.07, 6.45) is 1.67. The second-order valence-electron chi connectivity index (χ2n) is 9.57. The Hall–Kier alpha value is -3.37. The number of sulfonamides is 1. The largest absolute Gasteiger partial charge is 0.344 e. The number of hydrogen-bond donors (Lipinski definition) is 1. The highest BCUT2D eigenvalue weighted by Gasteiger charge is 2.37. The second kappa shape index (κ2) is 9.98. The Balaban J connectivity index is 1.27. The molecule has 3 heterocycles. The lowest BCUT2D eigenvalue weighted by molar-refractivity contribution is -0.128. The van der Waals surface area contributed by atoms with Crippen molar-refractivity contribution in [1.29, 1.82) is 0 Å². The summed E-state index contributed by atoms with van der Waals surface area (Å²) in [5, 5.41) is 10.1. The average Bonchev–Trinajstić information content (AvgIpc) is 3.41. The average molecular weight is 583 g/mol. The van der Waals surface area contributed by atoms with Crippen molar-refractivity contribution in [3.8, 4) is 0 Å². The van der Waals surface area contributed by atoms with Gasteiger partial charge in [-0.3, -0.25) is 4.79 Å². The molecule has 2 aliphatic rings. The van der Waals surface area contributed by atoms with Crippen LogP contribution in [0.25, 0.3) is 10.8 Å². The molecule has 1 aromatic heterocycles. The predicted octanol–water partition coefficient (Wildman–Crippen LogP) is 5.17. The second-order valence-corrected chi connectivity index (χ2v) is 12.3. The number of fused-ring (bicyclic) bond motifs is 2. The molecule has 2 aliphatic heterocycles. The maximum atomic E-state index is 14.0. The number of hydrogen-bond acceptors (Lipinski definition) is 5. The summed E-state index contributed by atoms with van der Waals surface area (Å²) in [7, 11) is -3.74. The highest BCUT2D eigenvalue weighted by Crippen LogP contribution is 2.38. The molecule has 11 heteroatoms. The van der Waals surface area contributed by atoms with Gasteiger partial charge in [-0.05, 0) is 36.1 Å². The monoisotopic (exact) mass is 581 g/mol. The summed E-state index contributed by atoms with van der Waals surface area (Å²) < 4.78 is 30.4. The van der Waals surface area contributed by atoms with Gasteiger partial charge in [0.25, 0.3) is 5.91 Å². The molecule has 0 aliphatic carbocycles. The maximum Gasteiger partial charge on any atom is 0.254 e. The molecule has 4 aromatic rings. The fraction of sp³-hybridized carbons (Fsp3) is 0.214. The fourth-order valence-corrected chi connectivity index (χ4v) is 7.28. The van der Waals surface area contributed by atoms with Crippen molar-refractivity contribution in [3.63, 3.8) is 0 Å². The van der Waals surface area contributed by atoms with Gasteiger partial charge in [0.15, 0.2) is 0 Å². The van der Waals surface area contributed by atoms with Gasteiger partial charge in [-0.15, -0.1) is 0 Å². The first kappa shape index (κ1) is 25.9. The Labute approximate surface area is 236 Å². The van der Waals surface area contributed by atoms with Crippen molar-refractivity contribution in [2.75, 3.05) is 31.5 Å². The first-order valence-corrected chi connectivity index (χ1v) is 14.7. The molecule has 200 valence electrons. The van der Waals surface area contributed by atoms with Crippen LogP contribution < -0.4 is 5.32 Å². The number of carbonyl (C=O) groups is 1. The van der Waals surface area contributed by atoms with Gasteiger partial charge in [0.1, 0.15) is 11.9 Å². The molecule has 1 unspecified atom stereocenters. The molecule has 0 spiro atoms. The number of piperazine rings is 1. The summed E-state index contributed by atoms with van der Waals surface area (Å²) in [6, 6.07) is 19.3. The van der Waals surface area contributed by atoms with Crippen molar-refractivity contribution in [2.24, 2.45) is 0 Å². The van der Waals surface area contributed by atoms with Crippen LogP contribution in [0, 0.1) is 0 Å². The van der Waals surface area contributed by atoms with Crippen LogP contribution in [0.15, 0.2) is 89.1 Å². The van der Waals surface area contributed by atoms with Crippen molar-refractivity contribution >= 4 is 55.7 Å². The van der Waals surface area contributed by atoms with Crippen LogP contribution in [-0.2, 0) is 14.8 Å². The lowest BCUT2D eigenvalue weighted by Gasteiger charge is -2.37. The lowest BCUT2D eigenvalue weighted by atomic mass is 9.94. The predicted molar refractivity (Wildman–Crippen MR) is 152 cm³/mol. The molecule has 1 fully saturated rings. The van der Waals surface area contributed by atoms with Crippen LogP contribution >= 0.6 is 23.2 Å². The fourth-order valence-electron chi connectivity index (χ4n) is 5.34. The third kappa shape index (κ3) is 4.49. The van der Waals surface area contributed by atoms with E-state index in [1.54, 1.807) is 40.0 Å². The topological polar surface area (TPSA) is 87.5 Å². The third-order valence-electron chi connectivity index (χ3n) is 7.29. The number of allylic oxidation sites excluding steroid dienone is 1. The quantitative estimate of drug-likeness (QED) is 0.359. The van der Waals surface area contributed by atoms with Gasteiger partial charge in [0, 0.05) is 43.3 Å². The van der Waals surface area contributed by atoms with Crippen molar-refractivity contribution in [3.05, 3.63) is 99.8 Å². The number of carbonyl (C=O) groups excluding carboxylic acids is 1. The van der Waals surface area contributed by atoms with E-state index in [9.17, 15) is 13.2 Å². The van der Waals surface area contributed by atoms with E-state index in [0.717, 1.165) is 16.8 Å². The zero-order valence-corrected chi connectivity index (χ0v) is 23.3. The SMILES string of the molecule is CC1=C(C(=O)N2CCN(S(=O)(=O)c3cccc4ccccc34)CC2)C(c2ccc(Cl)c(Cl)c2)n2nccc2N1. The van der Waals surface area contributed by atoms with Gasteiger partial charge in [0.05, 0.1) is 26.7 Å². The van der Waals surface area contributed by atoms with Crippen molar-refractivity contribution in [2.45, 2.75) is 17.9 Å². The Kier molecular flexibility index (Phi) is 6.63. The Bertz CT molecular complexity index is 1740. The number of nitrogens with one attached hydrogen (secondary N) is 1. The Morgan fingerprint density at radius 3 is 2.46 bits per heavy atom. The molecule has 39 heavy (non-hydrogen) atoms. The standard InChI is InChI=1S/C28H25Cl2N5O3S/c1-18-26(27(35-25(32-18)11-12-31-35)20-9-10-22(29)23(30)17-20)28(36)33-13-15-34(16-14-33)39(37,38)24-8-4-6-19-5-2-3-7-21(19)24/h2-12,17,27,32H,13-16H2,1H3. The third-order valence-corrected chi connectivity index (χ3v) is 9.99. The summed E-state index contributed by atoms with van der Waals surface area (Å²) >= 11 is 12.5. The molecular weight excluding hydrogens is 557 g/mol. The number of aromatic nitrogens is 2. The van der Waals surface area contributed by atoms with Crippen molar-refractivity contribution < 1.29 is 13.2 Å².